The van der Waals surface area contributed by atoms with Crippen LogP contribution < -0.4 is 5.32 Å². The number of aliphatic hydroxyl groups is 1. The number of aryl methyl sites for hydroxylation is 2. The standard InChI is InChI=1S/C19H27N3O2/c1-13(12-17-14(2)21-22(4)15(17)3)19(24)20-11-10-18(23)16-8-6-5-7-9-16/h5-9,13,18,23H,10-12H2,1-4H3,(H,20,24). The van der Waals surface area contributed by atoms with Crippen LogP contribution in [0.3, 0.4) is 0 Å². The van der Waals surface area contributed by atoms with Gasteiger partial charge in [0.2, 0.25) is 5.91 Å². The van der Waals surface area contributed by atoms with Crippen LogP contribution in [0.15, 0.2) is 30.3 Å². The first-order valence-electron chi connectivity index (χ1n) is 8.40. The van der Waals surface area contributed by atoms with Crippen molar-refractivity contribution in [2.45, 2.75) is 39.7 Å². The highest BCUT2D eigenvalue weighted by Crippen LogP contribution is 2.18. The zero-order valence-electron chi connectivity index (χ0n) is 14.9. The van der Waals surface area contributed by atoms with Gasteiger partial charge in [-0.3, -0.25) is 9.48 Å². The van der Waals surface area contributed by atoms with E-state index in [1.54, 1.807) is 0 Å². The van der Waals surface area contributed by atoms with Gasteiger partial charge in [-0.2, -0.15) is 5.10 Å². The molecule has 2 aromatic rings. The van der Waals surface area contributed by atoms with Crippen molar-refractivity contribution < 1.29 is 9.90 Å². The molecular weight excluding hydrogens is 302 g/mol. The van der Waals surface area contributed by atoms with Gasteiger partial charge in [-0.15, -0.1) is 0 Å². The summed E-state index contributed by atoms with van der Waals surface area (Å²) in [5, 5.41) is 17.4. The third kappa shape index (κ3) is 4.45. The number of nitrogens with zero attached hydrogens (tertiary/aromatic N) is 2. The van der Waals surface area contributed by atoms with Crippen LogP contribution in [0.2, 0.25) is 0 Å². The summed E-state index contributed by atoms with van der Waals surface area (Å²) in [7, 11) is 1.92. The summed E-state index contributed by atoms with van der Waals surface area (Å²) in [6.45, 7) is 6.39. The number of aromatic nitrogens is 2. The van der Waals surface area contributed by atoms with Gasteiger partial charge in [0, 0.05) is 25.2 Å². The lowest BCUT2D eigenvalue weighted by molar-refractivity contribution is -0.124. The van der Waals surface area contributed by atoms with Gasteiger partial charge >= 0.3 is 0 Å². The molecule has 1 aromatic heterocycles. The largest absolute Gasteiger partial charge is 0.388 e. The van der Waals surface area contributed by atoms with Crippen molar-refractivity contribution in [2.24, 2.45) is 13.0 Å². The Morgan fingerprint density at radius 1 is 1.29 bits per heavy atom. The molecule has 130 valence electrons. The van der Waals surface area contributed by atoms with E-state index >= 15 is 0 Å². The fourth-order valence-corrected chi connectivity index (χ4v) is 2.86. The van der Waals surface area contributed by atoms with Crippen LogP contribution in [0.5, 0.6) is 0 Å². The number of hydrogen-bond donors (Lipinski definition) is 2. The summed E-state index contributed by atoms with van der Waals surface area (Å²) in [6, 6.07) is 9.50. The van der Waals surface area contributed by atoms with Gasteiger partial charge in [0.15, 0.2) is 0 Å². The fourth-order valence-electron chi connectivity index (χ4n) is 2.86. The van der Waals surface area contributed by atoms with Crippen LogP contribution >= 0.6 is 0 Å². The molecule has 1 aromatic carbocycles. The summed E-state index contributed by atoms with van der Waals surface area (Å²) in [4.78, 5) is 12.3. The lowest BCUT2D eigenvalue weighted by Crippen LogP contribution is -2.32. The SMILES string of the molecule is Cc1nn(C)c(C)c1CC(C)C(=O)NCCC(O)c1ccccc1. The van der Waals surface area contributed by atoms with Crippen molar-refractivity contribution in [3.63, 3.8) is 0 Å². The first kappa shape index (κ1) is 18.2. The molecule has 0 radical (unpaired) electrons. The van der Waals surface area contributed by atoms with E-state index in [4.69, 9.17) is 0 Å². The van der Waals surface area contributed by atoms with Crippen LogP contribution in [0.1, 0.15) is 42.0 Å². The summed E-state index contributed by atoms with van der Waals surface area (Å²) < 4.78 is 1.85. The predicted molar refractivity (Wildman–Crippen MR) is 94.6 cm³/mol. The molecule has 0 aliphatic carbocycles. The van der Waals surface area contributed by atoms with E-state index in [0.717, 1.165) is 22.5 Å². The average Bonchev–Trinajstić information content (AvgIpc) is 2.81. The highest BCUT2D eigenvalue weighted by atomic mass is 16.3. The van der Waals surface area contributed by atoms with Gasteiger partial charge in [0.05, 0.1) is 11.8 Å². The lowest BCUT2D eigenvalue weighted by atomic mass is 9.98. The van der Waals surface area contributed by atoms with E-state index in [1.807, 2.05) is 62.8 Å². The minimum absolute atomic E-state index is 0.0120. The van der Waals surface area contributed by atoms with Gasteiger partial charge in [0.1, 0.15) is 0 Å². The second-order valence-electron chi connectivity index (χ2n) is 6.38. The normalized spacial score (nSPS) is 13.5. The molecular formula is C19H27N3O2. The Labute approximate surface area is 143 Å². The number of benzene rings is 1. The molecule has 24 heavy (non-hydrogen) atoms. The number of nitrogens with one attached hydrogen (secondary N) is 1. The fraction of sp³-hybridized carbons (Fsp3) is 0.474. The second kappa shape index (κ2) is 8.11. The maximum atomic E-state index is 12.3. The van der Waals surface area contributed by atoms with E-state index < -0.39 is 6.10 Å². The predicted octanol–water partition coefficient (Wildman–Crippen LogP) is 2.46. The van der Waals surface area contributed by atoms with E-state index in [9.17, 15) is 9.90 Å². The van der Waals surface area contributed by atoms with Crippen molar-refractivity contribution in [2.75, 3.05) is 6.54 Å². The molecule has 0 spiro atoms. The Bertz CT molecular complexity index is 679. The van der Waals surface area contributed by atoms with Gasteiger partial charge in [-0.25, -0.2) is 0 Å². The summed E-state index contributed by atoms with van der Waals surface area (Å²) in [6.07, 6.45) is 0.635. The van der Waals surface area contributed by atoms with Gasteiger partial charge in [-0.1, -0.05) is 37.3 Å². The molecule has 2 N–H and O–H groups in total. The minimum atomic E-state index is -0.551. The van der Waals surface area contributed by atoms with Crippen LogP contribution in [-0.2, 0) is 18.3 Å². The lowest BCUT2D eigenvalue weighted by Gasteiger charge is -2.15. The quantitative estimate of drug-likeness (QED) is 0.820. The number of amides is 1. The molecule has 0 aliphatic rings. The molecule has 2 atom stereocenters. The van der Waals surface area contributed by atoms with E-state index in [-0.39, 0.29) is 11.8 Å². The third-order valence-corrected chi connectivity index (χ3v) is 4.52. The molecule has 0 saturated heterocycles. The van der Waals surface area contributed by atoms with Gasteiger partial charge < -0.3 is 10.4 Å². The molecule has 5 heteroatoms. The maximum absolute atomic E-state index is 12.3. The number of aliphatic hydroxyl groups excluding tert-OH is 1. The summed E-state index contributed by atoms with van der Waals surface area (Å²) >= 11 is 0. The van der Waals surface area contributed by atoms with Crippen molar-refractivity contribution in [1.82, 2.24) is 15.1 Å². The molecule has 0 aliphatic heterocycles. The topological polar surface area (TPSA) is 67.2 Å². The zero-order valence-corrected chi connectivity index (χ0v) is 14.9. The highest BCUT2D eigenvalue weighted by Gasteiger charge is 2.18. The minimum Gasteiger partial charge on any atom is -0.388 e. The number of rotatable bonds is 7. The Morgan fingerprint density at radius 3 is 2.54 bits per heavy atom. The van der Waals surface area contributed by atoms with Crippen LogP contribution in [0.25, 0.3) is 0 Å². The summed E-state index contributed by atoms with van der Waals surface area (Å²) in [5.41, 5.74) is 4.10. The maximum Gasteiger partial charge on any atom is 0.223 e. The van der Waals surface area contributed by atoms with Gasteiger partial charge in [-0.05, 0) is 37.8 Å². The zero-order chi connectivity index (χ0) is 17.7. The van der Waals surface area contributed by atoms with Crippen molar-refractivity contribution in [1.29, 1.82) is 0 Å². The Balaban J connectivity index is 1.82. The molecule has 0 fully saturated rings. The highest BCUT2D eigenvalue weighted by molar-refractivity contribution is 5.78. The van der Waals surface area contributed by atoms with E-state index in [0.29, 0.717) is 19.4 Å². The first-order valence-corrected chi connectivity index (χ1v) is 8.40. The summed E-state index contributed by atoms with van der Waals surface area (Å²) in [5.74, 6) is -0.113. The van der Waals surface area contributed by atoms with Crippen LogP contribution in [0, 0.1) is 19.8 Å². The molecule has 0 bridgehead atoms. The number of hydrogen-bond acceptors (Lipinski definition) is 3. The molecule has 2 rings (SSSR count). The third-order valence-electron chi connectivity index (χ3n) is 4.52. The van der Waals surface area contributed by atoms with Crippen molar-refractivity contribution >= 4 is 5.91 Å². The number of carbonyl (C=O) groups is 1. The number of carbonyl (C=O) groups excluding carboxylic acids is 1. The van der Waals surface area contributed by atoms with Crippen LogP contribution in [0.4, 0.5) is 0 Å². The molecule has 2 unspecified atom stereocenters. The van der Waals surface area contributed by atoms with E-state index in [2.05, 4.69) is 10.4 Å². The Hall–Kier alpha value is -2.14. The molecule has 0 saturated carbocycles. The van der Waals surface area contributed by atoms with E-state index in [1.165, 1.54) is 0 Å². The second-order valence-corrected chi connectivity index (χ2v) is 6.38. The average molecular weight is 329 g/mol. The first-order chi connectivity index (χ1) is 11.4. The van der Waals surface area contributed by atoms with Gasteiger partial charge in [0.25, 0.3) is 0 Å². The van der Waals surface area contributed by atoms with Crippen molar-refractivity contribution in [3.8, 4) is 0 Å². The molecule has 1 heterocycles. The monoisotopic (exact) mass is 329 g/mol. The molecule has 5 nitrogen and oxygen atoms in total. The Morgan fingerprint density at radius 2 is 1.96 bits per heavy atom. The Kier molecular flexibility index (Phi) is 6.15. The molecule has 1 amide bonds. The smallest absolute Gasteiger partial charge is 0.223 e. The van der Waals surface area contributed by atoms with Crippen LogP contribution in [-0.4, -0.2) is 27.3 Å². The van der Waals surface area contributed by atoms with Crippen molar-refractivity contribution in [3.05, 3.63) is 52.8 Å².